The summed E-state index contributed by atoms with van der Waals surface area (Å²) in [6, 6.07) is 42.3. The van der Waals surface area contributed by atoms with Crippen LogP contribution in [0.15, 0.2) is 152 Å². The van der Waals surface area contributed by atoms with E-state index in [1.54, 1.807) is 122 Å². The highest BCUT2D eigenvalue weighted by Gasteiger charge is 2.54. The predicted octanol–water partition coefficient (Wildman–Crippen LogP) is 7.97. The van der Waals surface area contributed by atoms with Crippen molar-refractivity contribution in [2.75, 3.05) is 0 Å². The number of rotatable bonds is 14. The van der Waals surface area contributed by atoms with Gasteiger partial charge in [0.1, 0.15) is 0 Å². The summed E-state index contributed by atoms with van der Waals surface area (Å²) in [7, 11) is -4.58. The highest BCUT2D eigenvalue weighted by molar-refractivity contribution is 7.48. The van der Waals surface area contributed by atoms with E-state index in [1.807, 2.05) is 12.1 Å². The van der Waals surface area contributed by atoms with Crippen LogP contribution < -0.4 is 0 Å². The van der Waals surface area contributed by atoms with Gasteiger partial charge in [0.2, 0.25) is 6.29 Å². The van der Waals surface area contributed by atoms with E-state index in [0.717, 1.165) is 0 Å². The molecule has 6 rings (SSSR count). The molecule has 0 bridgehead atoms. The number of hydrogen-bond acceptors (Lipinski definition) is 11. The van der Waals surface area contributed by atoms with E-state index in [2.05, 4.69) is 0 Å². The molecule has 1 fully saturated rings. The first-order valence-corrected chi connectivity index (χ1v) is 18.3. The topological polar surface area (TPSA) is 133 Å². The molecule has 5 aromatic rings. The normalized spacial score (nSPS) is 19.8. The van der Waals surface area contributed by atoms with Crippen LogP contribution in [0.2, 0.25) is 0 Å². The van der Waals surface area contributed by atoms with E-state index in [9.17, 15) is 18.9 Å². The maximum absolute atomic E-state index is 14.6. The Bertz CT molecular complexity index is 1930. The summed E-state index contributed by atoms with van der Waals surface area (Å²) >= 11 is 0. The zero-order valence-corrected chi connectivity index (χ0v) is 29.6. The molecule has 0 amide bonds. The van der Waals surface area contributed by atoms with Crippen molar-refractivity contribution >= 4 is 25.7 Å². The molecular formula is C41H37O11P. The third-order valence-corrected chi connectivity index (χ3v) is 9.54. The summed E-state index contributed by atoms with van der Waals surface area (Å²) in [5.41, 5.74) is 1.89. The maximum atomic E-state index is 14.6. The van der Waals surface area contributed by atoms with Crippen LogP contribution >= 0.6 is 7.82 Å². The Morgan fingerprint density at radius 1 is 0.509 bits per heavy atom. The number of phosphoric acid groups is 1. The average molecular weight is 737 g/mol. The molecule has 5 atom stereocenters. The van der Waals surface area contributed by atoms with Crippen molar-refractivity contribution in [3.8, 4) is 0 Å². The van der Waals surface area contributed by atoms with E-state index < -0.39 is 56.4 Å². The van der Waals surface area contributed by atoms with E-state index >= 15 is 0 Å². The fourth-order valence-electron chi connectivity index (χ4n) is 5.46. The van der Waals surface area contributed by atoms with Crippen LogP contribution in [-0.2, 0) is 50.3 Å². The Morgan fingerprint density at radius 2 is 0.849 bits per heavy atom. The van der Waals surface area contributed by atoms with Gasteiger partial charge in [-0.15, -0.1) is 0 Å². The van der Waals surface area contributed by atoms with Crippen molar-refractivity contribution in [3.63, 3.8) is 0 Å². The molecule has 12 heteroatoms. The van der Waals surface area contributed by atoms with Crippen molar-refractivity contribution in [3.05, 3.63) is 179 Å². The summed E-state index contributed by atoms with van der Waals surface area (Å²) in [6.07, 6.45) is -7.30. The fourth-order valence-corrected chi connectivity index (χ4v) is 6.69. The lowest BCUT2D eigenvalue weighted by Gasteiger charge is -2.43. The van der Waals surface area contributed by atoms with E-state index in [-0.39, 0.29) is 29.9 Å². The zero-order chi connectivity index (χ0) is 37.0. The second-order valence-electron chi connectivity index (χ2n) is 12.0. The molecule has 1 saturated heterocycles. The average Bonchev–Trinajstić information content (AvgIpc) is 3.20. The summed E-state index contributed by atoms with van der Waals surface area (Å²) in [5.74, 6) is -2.40. The third kappa shape index (κ3) is 10.1. The zero-order valence-electron chi connectivity index (χ0n) is 28.7. The highest BCUT2D eigenvalue weighted by atomic mass is 31.2. The monoisotopic (exact) mass is 736 g/mol. The van der Waals surface area contributed by atoms with Crippen LogP contribution in [0.25, 0.3) is 0 Å². The minimum Gasteiger partial charge on any atom is -0.452 e. The molecule has 272 valence electrons. The van der Waals surface area contributed by atoms with Crippen LogP contribution in [0.4, 0.5) is 0 Å². The molecule has 1 aliphatic heterocycles. The van der Waals surface area contributed by atoms with Gasteiger partial charge in [-0.3, -0.25) is 13.6 Å². The van der Waals surface area contributed by atoms with Gasteiger partial charge >= 0.3 is 25.7 Å². The Labute approximate surface area is 306 Å². The van der Waals surface area contributed by atoms with Crippen LogP contribution in [0, 0.1) is 0 Å². The van der Waals surface area contributed by atoms with Gasteiger partial charge in [0, 0.05) is 0 Å². The quantitative estimate of drug-likeness (QED) is 0.0625. The Hall–Kier alpha value is -5.42. The number of ether oxygens (including phenoxy) is 4. The Balaban J connectivity index is 1.37. The minimum atomic E-state index is -4.58. The van der Waals surface area contributed by atoms with Gasteiger partial charge in [0.15, 0.2) is 18.3 Å². The van der Waals surface area contributed by atoms with Gasteiger partial charge in [-0.2, -0.15) is 0 Å². The molecule has 11 nitrogen and oxygen atoms in total. The van der Waals surface area contributed by atoms with E-state index in [0.29, 0.717) is 11.1 Å². The number of phosphoric ester groups is 1. The Kier molecular flexibility index (Phi) is 12.6. The van der Waals surface area contributed by atoms with Crippen LogP contribution in [0.1, 0.15) is 49.1 Å². The van der Waals surface area contributed by atoms with E-state index in [1.165, 1.54) is 24.3 Å². The first kappa shape index (κ1) is 37.3. The first-order chi connectivity index (χ1) is 25.8. The summed E-state index contributed by atoms with van der Waals surface area (Å²) in [4.78, 5) is 40.7. The summed E-state index contributed by atoms with van der Waals surface area (Å²) in [5, 5.41) is 0. The van der Waals surface area contributed by atoms with Crippen molar-refractivity contribution in [1.82, 2.24) is 0 Å². The largest absolute Gasteiger partial charge is 0.477 e. The third-order valence-electron chi connectivity index (χ3n) is 8.18. The second kappa shape index (κ2) is 17.9. The highest BCUT2D eigenvalue weighted by Crippen LogP contribution is 2.53. The maximum Gasteiger partial charge on any atom is 0.477 e. The molecule has 0 saturated carbocycles. The van der Waals surface area contributed by atoms with Crippen LogP contribution in [0.3, 0.4) is 0 Å². The van der Waals surface area contributed by atoms with Gasteiger partial charge < -0.3 is 18.9 Å². The number of carbonyl (C=O) groups is 3. The van der Waals surface area contributed by atoms with Crippen molar-refractivity contribution in [2.45, 2.75) is 50.8 Å². The minimum absolute atomic E-state index is 0.152. The standard InChI is InChI=1S/C41H37O11P/c1-29-35(49-38(42)32-21-11-4-12-22-32)36(50-39(43)33-23-13-5-14-24-33)37(51-40(44)34-25-15-6-16-26-34)41(48-29)52-53(45,46-27-30-17-7-2-8-18-30)47-28-31-19-9-3-10-20-31/h2-26,29,35-37,41H,27-28H2,1H3/t29?,35-,36+,37-,41?/m0/s1. The number of carbonyl (C=O) groups excluding carboxylic acids is 3. The molecule has 53 heavy (non-hydrogen) atoms. The van der Waals surface area contributed by atoms with Gasteiger partial charge in [-0.05, 0) is 54.4 Å². The SMILES string of the molecule is CC1OC(OP(=O)(OCc2ccccc2)OCc2ccccc2)[C@@H](OC(=O)c2ccccc2)[C@H](OC(=O)c2ccccc2)[C@H]1OC(=O)c1ccccc1. The first-order valence-electron chi connectivity index (χ1n) is 16.9. The lowest BCUT2D eigenvalue weighted by molar-refractivity contribution is -0.271. The second-order valence-corrected chi connectivity index (χ2v) is 13.6. The number of esters is 3. The van der Waals surface area contributed by atoms with Crippen LogP contribution in [0.5, 0.6) is 0 Å². The smallest absolute Gasteiger partial charge is 0.452 e. The van der Waals surface area contributed by atoms with Crippen molar-refractivity contribution in [2.24, 2.45) is 0 Å². The van der Waals surface area contributed by atoms with Crippen LogP contribution in [-0.4, -0.2) is 48.6 Å². The van der Waals surface area contributed by atoms with Gasteiger partial charge in [-0.1, -0.05) is 115 Å². The molecule has 0 aromatic heterocycles. The van der Waals surface area contributed by atoms with E-state index in [4.69, 9.17) is 32.5 Å². The van der Waals surface area contributed by atoms with Gasteiger partial charge in [-0.25, -0.2) is 18.9 Å². The lowest BCUT2D eigenvalue weighted by Crippen LogP contribution is -2.61. The molecule has 0 radical (unpaired) electrons. The molecule has 0 aliphatic carbocycles. The molecule has 2 unspecified atom stereocenters. The van der Waals surface area contributed by atoms with Gasteiger partial charge in [0.25, 0.3) is 0 Å². The van der Waals surface area contributed by atoms with Crippen molar-refractivity contribution in [1.29, 1.82) is 0 Å². The molecule has 1 heterocycles. The molecule has 0 N–H and O–H groups in total. The number of benzene rings is 5. The molecular weight excluding hydrogens is 699 g/mol. The fraction of sp³-hybridized carbons (Fsp3) is 0.195. The molecule has 1 aliphatic rings. The number of hydrogen-bond donors (Lipinski definition) is 0. The molecule has 0 spiro atoms. The molecule has 5 aromatic carbocycles. The van der Waals surface area contributed by atoms with Crippen molar-refractivity contribution < 1.29 is 51.5 Å². The predicted molar refractivity (Wildman–Crippen MR) is 192 cm³/mol. The Morgan fingerprint density at radius 3 is 1.25 bits per heavy atom. The lowest BCUT2D eigenvalue weighted by atomic mass is 9.98. The van der Waals surface area contributed by atoms with Gasteiger partial charge in [0.05, 0.1) is 36.0 Å². The summed E-state index contributed by atoms with van der Waals surface area (Å²) < 4.78 is 56.5. The summed E-state index contributed by atoms with van der Waals surface area (Å²) in [6.45, 7) is 1.21.